The van der Waals surface area contributed by atoms with Crippen molar-refractivity contribution in [3.05, 3.63) is 36.0 Å². The van der Waals surface area contributed by atoms with Gasteiger partial charge in [-0.05, 0) is 19.1 Å². The van der Waals surface area contributed by atoms with Crippen LogP contribution in [0.3, 0.4) is 0 Å². The highest BCUT2D eigenvalue weighted by Gasteiger charge is 2.15. The van der Waals surface area contributed by atoms with Gasteiger partial charge in [0, 0.05) is 17.3 Å². The summed E-state index contributed by atoms with van der Waals surface area (Å²) in [4.78, 5) is 4.23. The molecule has 18 heavy (non-hydrogen) atoms. The van der Waals surface area contributed by atoms with Crippen molar-refractivity contribution in [3.8, 4) is 23.0 Å². The Labute approximate surface area is 102 Å². The fourth-order valence-corrected chi connectivity index (χ4v) is 1.60. The van der Waals surface area contributed by atoms with E-state index >= 15 is 0 Å². The lowest BCUT2D eigenvalue weighted by Crippen LogP contribution is -1.90. The first-order chi connectivity index (χ1) is 8.74. The Morgan fingerprint density at radius 2 is 1.94 bits per heavy atom. The van der Waals surface area contributed by atoms with Crippen molar-refractivity contribution in [3.63, 3.8) is 0 Å². The Morgan fingerprint density at radius 3 is 2.67 bits per heavy atom. The van der Waals surface area contributed by atoms with Gasteiger partial charge in [0.25, 0.3) is 5.89 Å². The minimum absolute atomic E-state index is 0.286. The average Bonchev–Trinajstić information content (AvgIpc) is 2.98. The van der Waals surface area contributed by atoms with Crippen molar-refractivity contribution in [1.82, 2.24) is 15.3 Å². The molecule has 0 radical (unpaired) electrons. The zero-order valence-electron chi connectivity index (χ0n) is 9.62. The summed E-state index contributed by atoms with van der Waals surface area (Å²) in [6, 6.07) is 9.05. The van der Waals surface area contributed by atoms with Gasteiger partial charge in [-0.25, -0.2) is 0 Å². The molecule has 0 aliphatic rings. The van der Waals surface area contributed by atoms with Crippen LogP contribution in [-0.2, 0) is 0 Å². The van der Waals surface area contributed by atoms with Crippen LogP contribution in [0.1, 0.15) is 5.69 Å². The molecule has 2 N–H and O–H groups in total. The number of nitrogen functional groups attached to an aromatic ring is 1. The predicted octanol–water partition coefficient (Wildman–Crippen LogP) is 2.28. The SMILES string of the molecule is Cc1cc(-c2nc(-c3ccccc3N)no2)on1. The van der Waals surface area contributed by atoms with Gasteiger partial charge in [0.2, 0.25) is 11.6 Å². The van der Waals surface area contributed by atoms with Crippen LogP contribution in [0.25, 0.3) is 23.0 Å². The van der Waals surface area contributed by atoms with Crippen LogP contribution in [0, 0.1) is 6.92 Å². The van der Waals surface area contributed by atoms with Gasteiger partial charge in [0.05, 0.1) is 5.69 Å². The zero-order chi connectivity index (χ0) is 12.5. The highest BCUT2D eigenvalue weighted by molar-refractivity contribution is 5.71. The van der Waals surface area contributed by atoms with Crippen LogP contribution in [0.2, 0.25) is 0 Å². The molecule has 3 aromatic rings. The summed E-state index contributed by atoms with van der Waals surface area (Å²) in [5.41, 5.74) is 7.92. The first-order valence-electron chi connectivity index (χ1n) is 5.36. The molecule has 0 aliphatic heterocycles. The molecule has 0 aliphatic carbocycles. The third kappa shape index (κ3) is 1.73. The molecule has 1 aromatic carbocycles. The summed E-state index contributed by atoms with van der Waals surface area (Å²) in [7, 11) is 0. The second-order valence-electron chi connectivity index (χ2n) is 3.84. The second-order valence-corrected chi connectivity index (χ2v) is 3.84. The number of nitrogens with two attached hydrogens (primary N) is 1. The topological polar surface area (TPSA) is 91.0 Å². The third-order valence-corrected chi connectivity index (χ3v) is 2.47. The van der Waals surface area contributed by atoms with Gasteiger partial charge < -0.3 is 14.8 Å². The van der Waals surface area contributed by atoms with Gasteiger partial charge in [-0.2, -0.15) is 4.98 Å². The molecule has 2 aromatic heterocycles. The van der Waals surface area contributed by atoms with Crippen molar-refractivity contribution >= 4 is 5.69 Å². The number of aromatic nitrogens is 3. The fourth-order valence-electron chi connectivity index (χ4n) is 1.60. The Kier molecular flexibility index (Phi) is 2.33. The maximum Gasteiger partial charge on any atom is 0.296 e. The summed E-state index contributed by atoms with van der Waals surface area (Å²) in [6.45, 7) is 1.82. The van der Waals surface area contributed by atoms with Crippen molar-refractivity contribution in [2.75, 3.05) is 5.73 Å². The number of para-hydroxylation sites is 1. The molecule has 3 rings (SSSR count). The van der Waals surface area contributed by atoms with E-state index in [1.807, 2.05) is 25.1 Å². The molecule has 0 spiro atoms. The standard InChI is InChI=1S/C12H10N4O2/c1-7-6-10(17-15-7)12-14-11(16-18-12)8-4-2-3-5-9(8)13/h2-6H,13H2,1H3. The van der Waals surface area contributed by atoms with Crippen LogP contribution in [-0.4, -0.2) is 15.3 Å². The molecular weight excluding hydrogens is 232 g/mol. The number of benzene rings is 1. The van der Waals surface area contributed by atoms with E-state index in [0.29, 0.717) is 17.3 Å². The molecule has 0 unspecified atom stereocenters. The van der Waals surface area contributed by atoms with Crippen molar-refractivity contribution in [2.24, 2.45) is 0 Å². The van der Waals surface area contributed by atoms with E-state index in [4.69, 9.17) is 14.8 Å². The van der Waals surface area contributed by atoms with Gasteiger partial charge in [0.1, 0.15) is 0 Å². The van der Waals surface area contributed by atoms with Crippen LogP contribution < -0.4 is 5.73 Å². The number of hydrogen-bond acceptors (Lipinski definition) is 6. The van der Waals surface area contributed by atoms with Crippen molar-refractivity contribution in [1.29, 1.82) is 0 Å². The molecule has 0 amide bonds. The summed E-state index contributed by atoms with van der Waals surface area (Å²) in [5, 5.41) is 7.64. The Hall–Kier alpha value is -2.63. The second kappa shape index (κ2) is 3.99. The Balaban J connectivity index is 2.02. The van der Waals surface area contributed by atoms with Crippen LogP contribution in [0.4, 0.5) is 5.69 Å². The molecule has 6 heteroatoms. The number of rotatable bonds is 2. The molecular formula is C12H10N4O2. The number of nitrogens with zero attached hydrogens (tertiary/aromatic N) is 3. The normalized spacial score (nSPS) is 10.7. The molecule has 2 heterocycles. The first kappa shape index (κ1) is 10.5. The maximum atomic E-state index is 5.85. The van der Waals surface area contributed by atoms with Gasteiger partial charge >= 0.3 is 0 Å². The Morgan fingerprint density at radius 1 is 1.11 bits per heavy atom. The molecule has 0 saturated heterocycles. The van der Waals surface area contributed by atoms with E-state index in [-0.39, 0.29) is 5.89 Å². The van der Waals surface area contributed by atoms with Gasteiger partial charge in [-0.1, -0.05) is 22.4 Å². The first-order valence-corrected chi connectivity index (χ1v) is 5.36. The van der Waals surface area contributed by atoms with E-state index in [0.717, 1.165) is 11.3 Å². The molecule has 0 saturated carbocycles. The summed E-state index contributed by atoms with van der Waals surface area (Å²) in [6.07, 6.45) is 0. The van der Waals surface area contributed by atoms with E-state index in [1.165, 1.54) is 0 Å². The largest absolute Gasteiger partial charge is 0.398 e. The molecule has 0 atom stereocenters. The van der Waals surface area contributed by atoms with Crippen molar-refractivity contribution < 1.29 is 9.05 Å². The molecule has 6 nitrogen and oxygen atoms in total. The van der Waals surface area contributed by atoms with Crippen molar-refractivity contribution in [2.45, 2.75) is 6.92 Å². The van der Waals surface area contributed by atoms with Gasteiger partial charge in [-0.15, -0.1) is 0 Å². The lowest BCUT2D eigenvalue weighted by atomic mass is 10.2. The van der Waals surface area contributed by atoms with Crippen LogP contribution in [0.5, 0.6) is 0 Å². The fraction of sp³-hybridized carbons (Fsp3) is 0.0833. The summed E-state index contributed by atoms with van der Waals surface area (Å²) in [5.74, 6) is 1.16. The highest BCUT2D eigenvalue weighted by atomic mass is 16.5. The maximum absolute atomic E-state index is 5.85. The number of anilines is 1. The van der Waals surface area contributed by atoms with Crippen LogP contribution in [0.15, 0.2) is 39.4 Å². The van der Waals surface area contributed by atoms with E-state index in [1.54, 1.807) is 12.1 Å². The predicted molar refractivity (Wildman–Crippen MR) is 64.4 cm³/mol. The molecule has 90 valence electrons. The average molecular weight is 242 g/mol. The summed E-state index contributed by atoms with van der Waals surface area (Å²) >= 11 is 0. The zero-order valence-corrected chi connectivity index (χ0v) is 9.62. The quantitative estimate of drug-likeness (QED) is 0.693. The monoisotopic (exact) mass is 242 g/mol. The minimum atomic E-state index is 0.286. The third-order valence-electron chi connectivity index (χ3n) is 2.47. The van der Waals surface area contributed by atoms with Crippen LogP contribution >= 0.6 is 0 Å². The minimum Gasteiger partial charge on any atom is -0.398 e. The lowest BCUT2D eigenvalue weighted by molar-refractivity contribution is 0.383. The van der Waals surface area contributed by atoms with Gasteiger partial charge in [-0.3, -0.25) is 0 Å². The molecule has 0 fully saturated rings. The number of hydrogen-bond donors (Lipinski definition) is 1. The van der Waals surface area contributed by atoms with Gasteiger partial charge in [0.15, 0.2) is 0 Å². The van der Waals surface area contributed by atoms with E-state index < -0.39 is 0 Å². The summed E-state index contributed by atoms with van der Waals surface area (Å²) < 4.78 is 10.2. The molecule has 0 bridgehead atoms. The highest BCUT2D eigenvalue weighted by Crippen LogP contribution is 2.25. The number of aryl methyl sites for hydroxylation is 1. The Bertz CT molecular complexity index is 687. The van der Waals surface area contributed by atoms with E-state index in [9.17, 15) is 0 Å². The lowest BCUT2D eigenvalue weighted by Gasteiger charge is -1.97. The van der Waals surface area contributed by atoms with E-state index in [2.05, 4.69) is 15.3 Å². The smallest absolute Gasteiger partial charge is 0.296 e.